The summed E-state index contributed by atoms with van der Waals surface area (Å²) in [6.07, 6.45) is 5.33. The molecule has 3 aromatic rings. The topological polar surface area (TPSA) is 66.5 Å². The lowest BCUT2D eigenvalue weighted by Crippen LogP contribution is -2.42. The van der Waals surface area contributed by atoms with Gasteiger partial charge in [-0.1, -0.05) is 61.5 Å². The van der Waals surface area contributed by atoms with Crippen molar-refractivity contribution < 1.29 is 13.2 Å². The number of hydrogen-bond donors (Lipinski definition) is 1. The molecule has 5 nitrogen and oxygen atoms in total. The summed E-state index contributed by atoms with van der Waals surface area (Å²) < 4.78 is 28.3. The number of rotatable bonds is 8. The number of sulfonamides is 1. The quantitative estimate of drug-likeness (QED) is 0.477. The van der Waals surface area contributed by atoms with Gasteiger partial charge in [0.1, 0.15) is 6.54 Å². The zero-order valence-corrected chi connectivity index (χ0v) is 20.6. The van der Waals surface area contributed by atoms with Crippen molar-refractivity contribution in [1.82, 2.24) is 5.32 Å². The minimum Gasteiger partial charge on any atom is -0.348 e. The monoisotopic (exact) mass is 476 g/mol. The molecule has 0 bridgehead atoms. The Morgan fingerprint density at radius 3 is 2.32 bits per heavy atom. The number of carbonyl (C=O) groups excluding carboxylic acids is 1. The number of aryl methyl sites for hydroxylation is 3. The second kappa shape index (κ2) is 10.4. The van der Waals surface area contributed by atoms with Gasteiger partial charge < -0.3 is 5.32 Å². The van der Waals surface area contributed by atoms with Crippen molar-refractivity contribution in [1.29, 1.82) is 0 Å². The van der Waals surface area contributed by atoms with Gasteiger partial charge in [-0.3, -0.25) is 9.10 Å². The molecule has 1 atom stereocenters. The number of benzene rings is 3. The van der Waals surface area contributed by atoms with Crippen LogP contribution in [0.4, 0.5) is 5.69 Å². The molecular weight excluding hydrogens is 444 g/mol. The first-order valence-corrected chi connectivity index (χ1v) is 13.4. The van der Waals surface area contributed by atoms with Crippen LogP contribution in [0.1, 0.15) is 54.5 Å². The van der Waals surface area contributed by atoms with Gasteiger partial charge in [-0.05, 0) is 79.5 Å². The summed E-state index contributed by atoms with van der Waals surface area (Å²) in [5.41, 5.74) is 5.13. The van der Waals surface area contributed by atoms with Crippen LogP contribution >= 0.6 is 0 Å². The van der Waals surface area contributed by atoms with E-state index in [0.717, 1.165) is 30.4 Å². The highest BCUT2D eigenvalue weighted by Gasteiger charge is 2.29. The van der Waals surface area contributed by atoms with Gasteiger partial charge in [-0.15, -0.1) is 0 Å². The van der Waals surface area contributed by atoms with E-state index >= 15 is 0 Å². The third-order valence-corrected chi connectivity index (χ3v) is 8.29. The maximum atomic E-state index is 13.6. The number of para-hydroxylation sites is 1. The molecule has 0 fully saturated rings. The fourth-order valence-electron chi connectivity index (χ4n) is 4.62. The zero-order valence-electron chi connectivity index (χ0n) is 19.8. The number of amides is 1. The van der Waals surface area contributed by atoms with Gasteiger partial charge >= 0.3 is 0 Å². The van der Waals surface area contributed by atoms with Gasteiger partial charge in [0.15, 0.2) is 0 Å². The summed E-state index contributed by atoms with van der Waals surface area (Å²) >= 11 is 0. The maximum absolute atomic E-state index is 13.6. The van der Waals surface area contributed by atoms with Crippen LogP contribution in [0, 0.1) is 6.92 Å². The van der Waals surface area contributed by atoms with Crippen molar-refractivity contribution in [3.05, 3.63) is 95.1 Å². The number of nitrogens with one attached hydrogen (secondary N) is 1. The Kier molecular flexibility index (Phi) is 7.37. The number of nitrogens with zero attached hydrogens (tertiary/aromatic N) is 1. The van der Waals surface area contributed by atoms with Crippen LogP contribution in [-0.4, -0.2) is 20.9 Å². The molecule has 3 aromatic carbocycles. The van der Waals surface area contributed by atoms with Crippen LogP contribution in [0.5, 0.6) is 0 Å². The van der Waals surface area contributed by atoms with Crippen LogP contribution in [0.25, 0.3) is 0 Å². The molecule has 0 radical (unpaired) electrons. The normalized spacial score (nSPS) is 14.2. The molecule has 0 saturated heterocycles. The predicted molar refractivity (Wildman–Crippen MR) is 136 cm³/mol. The Labute approximate surface area is 202 Å². The largest absolute Gasteiger partial charge is 0.348 e. The number of hydrogen-bond acceptors (Lipinski definition) is 3. The van der Waals surface area contributed by atoms with Crippen LogP contribution in [0.2, 0.25) is 0 Å². The summed E-state index contributed by atoms with van der Waals surface area (Å²) in [4.78, 5) is 13.4. The van der Waals surface area contributed by atoms with Crippen LogP contribution < -0.4 is 9.62 Å². The van der Waals surface area contributed by atoms with Crippen molar-refractivity contribution >= 4 is 21.6 Å². The van der Waals surface area contributed by atoms with Crippen molar-refractivity contribution in [2.24, 2.45) is 0 Å². The van der Waals surface area contributed by atoms with Gasteiger partial charge in [0.05, 0.1) is 16.6 Å². The molecule has 0 aliphatic heterocycles. The third kappa shape index (κ3) is 5.17. The van der Waals surface area contributed by atoms with Crippen LogP contribution in [-0.2, 0) is 27.7 Å². The number of anilines is 1. The second-order valence-corrected chi connectivity index (χ2v) is 10.7. The molecule has 1 N–H and O–H groups in total. The highest BCUT2D eigenvalue weighted by molar-refractivity contribution is 7.92. The van der Waals surface area contributed by atoms with E-state index < -0.39 is 10.0 Å². The molecule has 1 aliphatic carbocycles. The molecule has 34 heavy (non-hydrogen) atoms. The number of carbonyl (C=O) groups is 1. The molecule has 1 unspecified atom stereocenters. The van der Waals surface area contributed by atoms with E-state index in [2.05, 4.69) is 23.5 Å². The fourth-order valence-corrected chi connectivity index (χ4v) is 6.13. The van der Waals surface area contributed by atoms with Gasteiger partial charge in [-0.2, -0.15) is 0 Å². The lowest BCUT2D eigenvalue weighted by molar-refractivity contribution is -0.120. The molecule has 0 aromatic heterocycles. The van der Waals surface area contributed by atoms with Gasteiger partial charge in [0.25, 0.3) is 10.0 Å². The second-order valence-electron chi connectivity index (χ2n) is 8.87. The van der Waals surface area contributed by atoms with Crippen molar-refractivity contribution in [3.8, 4) is 0 Å². The minimum absolute atomic E-state index is 0.160. The van der Waals surface area contributed by atoms with E-state index in [1.54, 1.807) is 42.5 Å². The van der Waals surface area contributed by atoms with E-state index in [0.29, 0.717) is 5.69 Å². The molecule has 0 spiro atoms. The Morgan fingerprint density at radius 2 is 1.62 bits per heavy atom. The maximum Gasteiger partial charge on any atom is 0.264 e. The van der Waals surface area contributed by atoms with E-state index in [1.165, 1.54) is 28.3 Å². The molecule has 4 rings (SSSR count). The SMILES string of the molecule is CCC(NC(=O)CN(c1ccccc1C)S(=O)(=O)c1ccccc1)c1ccc2c(c1)CCCC2. The minimum atomic E-state index is -3.92. The summed E-state index contributed by atoms with van der Waals surface area (Å²) in [7, 11) is -3.92. The lowest BCUT2D eigenvalue weighted by Gasteiger charge is -2.27. The highest BCUT2D eigenvalue weighted by Crippen LogP contribution is 2.28. The zero-order chi connectivity index (χ0) is 24.1. The first-order chi connectivity index (χ1) is 16.4. The summed E-state index contributed by atoms with van der Waals surface area (Å²) in [5.74, 6) is -0.327. The number of fused-ring (bicyclic) bond motifs is 1. The Hall–Kier alpha value is -3.12. The van der Waals surface area contributed by atoms with E-state index in [-0.39, 0.29) is 23.4 Å². The first kappa shape index (κ1) is 24.0. The van der Waals surface area contributed by atoms with Gasteiger partial charge in [0.2, 0.25) is 5.91 Å². The fraction of sp³-hybridized carbons (Fsp3) is 0.321. The molecule has 0 saturated carbocycles. The summed E-state index contributed by atoms with van der Waals surface area (Å²) in [5, 5.41) is 3.09. The summed E-state index contributed by atoms with van der Waals surface area (Å²) in [6, 6.07) is 21.8. The average Bonchev–Trinajstić information content (AvgIpc) is 2.86. The van der Waals surface area contributed by atoms with Gasteiger partial charge in [-0.25, -0.2) is 8.42 Å². The molecule has 1 amide bonds. The van der Waals surface area contributed by atoms with Crippen molar-refractivity contribution in [2.75, 3.05) is 10.8 Å². The van der Waals surface area contributed by atoms with E-state index in [9.17, 15) is 13.2 Å². The Morgan fingerprint density at radius 1 is 0.941 bits per heavy atom. The molecular formula is C28H32N2O3S. The predicted octanol–water partition coefficient (Wildman–Crippen LogP) is 5.34. The molecule has 6 heteroatoms. The first-order valence-electron chi connectivity index (χ1n) is 11.9. The standard InChI is InChI=1S/C28H32N2O3S/c1-3-26(24-18-17-22-12-8-9-13-23(22)19-24)29-28(31)20-30(27-16-10-7-11-21(27)2)34(32,33)25-14-5-4-6-15-25/h4-7,10-11,14-19,26H,3,8-9,12-13,20H2,1-2H3,(H,29,31). The average molecular weight is 477 g/mol. The van der Waals surface area contributed by atoms with E-state index in [1.807, 2.05) is 26.0 Å². The van der Waals surface area contributed by atoms with Crippen molar-refractivity contribution in [3.63, 3.8) is 0 Å². The smallest absolute Gasteiger partial charge is 0.264 e. The molecule has 178 valence electrons. The van der Waals surface area contributed by atoms with E-state index in [4.69, 9.17) is 0 Å². The Bertz CT molecular complexity index is 1260. The summed E-state index contributed by atoms with van der Waals surface area (Å²) in [6.45, 7) is 3.59. The highest BCUT2D eigenvalue weighted by atomic mass is 32.2. The van der Waals surface area contributed by atoms with Gasteiger partial charge in [0, 0.05) is 0 Å². The van der Waals surface area contributed by atoms with Crippen molar-refractivity contribution in [2.45, 2.75) is 56.9 Å². The third-order valence-electron chi connectivity index (χ3n) is 6.52. The lowest BCUT2D eigenvalue weighted by atomic mass is 9.89. The van der Waals surface area contributed by atoms with Crippen LogP contribution in [0.3, 0.4) is 0 Å². The Balaban J connectivity index is 1.60. The van der Waals surface area contributed by atoms with Crippen LogP contribution in [0.15, 0.2) is 77.7 Å². The molecule has 1 aliphatic rings. The molecule has 0 heterocycles.